The van der Waals surface area contributed by atoms with Crippen LogP contribution in [0, 0.1) is 11.8 Å². The number of nitrogens with one attached hydrogen (secondary N) is 1. The van der Waals surface area contributed by atoms with E-state index in [9.17, 15) is 4.79 Å². The lowest BCUT2D eigenvalue weighted by molar-refractivity contribution is -0.122. The Labute approximate surface area is 172 Å². The van der Waals surface area contributed by atoms with Crippen molar-refractivity contribution in [2.45, 2.75) is 25.7 Å². The molecule has 146 valence electrons. The molecule has 1 N–H and O–H groups in total. The first-order valence-corrected chi connectivity index (χ1v) is 10.2. The predicted molar refractivity (Wildman–Crippen MR) is 118 cm³/mol. The van der Waals surface area contributed by atoms with E-state index in [1.54, 1.807) is 0 Å². The van der Waals surface area contributed by atoms with Gasteiger partial charge in [0.2, 0.25) is 5.91 Å². The van der Waals surface area contributed by atoms with Crippen LogP contribution < -0.4 is 5.43 Å². The van der Waals surface area contributed by atoms with Gasteiger partial charge in [-0.15, -0.1) is 0 Å². The van der Waals surface area contributed by atoms with E-state index in [0.717, 1.165) is 17.7 Å². The molecular formula is C26H26N2O. The quantitative estimate of drug-likeness (QED) is 0.464. The average Bonchev–Trinajstić information content (AvgIpc) is 3.53. The highest BCUT2D eigenvalue weighted by Gasteiger charge is 2.60. The molecule has 29 heavy (non-hydrogen) atoms. The van der Waals surface area contributed by atoms with E-state index in [2.05, 4.69) is 48.6 Å². The van der Waals surface area contributed by atoms with Gasteiger partial charge in [-0.1, -0.05) is 105 Å². The fourth-order valence-corrected chi connectivity index (χ4v) is 4.18. The summed E-state index contributed by atoms with van der Waals surface area (Å²) in [5.74, 6) is 0.0666. The Morgan fingerprint density at radius 3 is 1.83 bits per heavy atom. The summed E-state index contributed by atoms with van der Waals surface area (Å²) >= 11 is 0. The van der Waals surface area contributed by atoms with Crippen molar-refractivity contribution in [1.29, 1.82) is 0 Å². The summed E-state index contributed by atoms with van der Waals surface area (Å²) in [6.45, 7) is 4.18. The third kappa shape index (κ3) is 3.73. The van der Waals surface area contributed by atoms with Crippen LogP contribution in [0.4, 0.5) is 0 Å². The number of nitrogens with zero attached hydrogens (tertiary/aromatic N) is 1. The van der Waals surface area contributed by atoms with E-state index < -0.39 is 0 Å². The molecule has 0 bridgehead atoms. The number of hydrazone groups is 1. The summed E-state index contributed by atoms with van der Waals surface area (Å²) < 4.78 is 0. The molecule has 3 aromatic carbocycles. The monoisotopic (exact) mass is 382 g/mol. The minimum atomic E-state index is -0.271. The van der Waals surface area contributed by atoms with Gasteiger partial charge in [0.15, 0.2) is 0 Å². The van der Waals surface area contributed by atoms with Gasteiger partial charge < -0.3 is 0 Å². The van der Waals surface area contributed by atoms with Gasteiger partial charge in [0, 0.05) is 5.41 Å². The van der Waals surface area contributed by atoms with Crippen LogP contribution in [0.15, 0.2) is 96.1 Å². The van der Waals surface area contributed by atoms with Gasteiger partial charge in [-0.3, -0.25) is 4.79 Å². The molecule has 0 aliphatic heterocycles. The van der Waals surface area contributed by atoms with E-state index >= 15 is 0 Å². The molecule has 0 spiro atoms. The summed E-state index contributed by atoms with van der Waals surface area (Å²) in [6, 6.07) is 30.7. The topological polar surface area (TPSA) is 41.5 Å². The Kier molecular flexibility index (Phi) is 5.30. The lowest BCUT2D eigenvalue weighted by atomic mass is 9.85. The van der Waals surface area contributed by atoms with E-state index in [1.165, 1.54) is 11.1 Å². The second kappa shape index (κ2) is 8.04. The maximum absolute atomic E-state index is 13.1. The molecule has 0 saturated heterocycles. The Morgan fingerprint density at radius 2 is 1.34 bits per heavy atom. The number of hydrogen-bond acceptors (Lipinski definition) is 2. The molecule has 3 aromatic rings. The van der Waals surface area contributed by atoms with Crippen molar-refractivity contribution < 1.29 is 4.79 Å². The molecule has 0 radical (unpaired) electrons. The van der Waals surface area contributed by atoms with Crippen LogP contribution in [0.2, 0.25) is 0 Å². The van der Waals surface area contributed by atoms with Crippen molar-refractivity contribution in [3.8, 4) is 0 Å². The van der Waals surface area contributed by atoms with Crippen LogP contribution in [-0.4, -0.2) is 11.6 Å². The van der Waals surface area contributed by atoms with E-state index in [-0.39, 0.29) is 23.2 Å². The third-order valence-corrected chi connectivity index (χ3v) is 5.76. The van der Waals surface area contributed by atoms with Gasteiger partial charge in [0.1, 0.15) is 0 Å². The zero-order chi connectivity index (χ0) is 20.3. The van der Waals surface area contributed by atoms with Gasteiger partial charge in [0.25, 0.3) is 0 Å². The van der Waals surface area contributed by atoms with Crippen molar-refractivity contribution >= 4 is 11.6 Å². The van der Waals surface area contributed by atoms with E-state index in [4.69, 9.17) is 0 Å². The number of carbonyl (C=O) groups is 1. The SMILES string of the molecule is CC(C)C(=NNC(=O)C1CC1(c1ccccc1)c1ccccc1)c1ccccc1. The smallest absolute Gasteiger partial charge is 0.244 e. The summed E-state index contributed by atoms with van der Waals surface area (Å²) in [5.41, 5.74) is 6.89. The van der Waals surface area contributed by atoms with Gasteiger partial charge in [-0.2, -0.15) is 5.10 Å². The lowest BCUT2D eigenvalue weighted by Gasteiger charge is -2.18. The molecule has 1 fully saturated rings. The van der Waals surface area contributed by atoms with Crippen molar-refractivity contribution in [3.05, 3.63) is 108 Å². The first-order valence-electron chi connectivity index (χ1n) is 10.2. The van der Waals surface area contributed by atoms with E-state index in [0.29, 0.717) is 0 Å². The minimum Gasteiger partial charge on any atom is -0.273 e. The van der Waals surface area contributed by atoms with Crippen LogP contribution in [0.25, 0.3) is 0 Å². The minimum absolute atomic E-state index is 0.0215. The molecule has 3 nitrogen and oxygen atoms in total. The van der Waals surface area contributed by atoms with Gasteiger partial charge in [0.05, 0.1) is 11.6 Å². The molecule has 0 aromatic heterocycles. The fraction of sp³-hybridized carbons (Fsp3) is 0.231. The van der Waals surface area contributed by atoms with Crippen LogP contribution in [0.5, 0.6) is 0 Å². The van der Waals surface area contributed by atoms with Crippen LogP contribution in [0.3, 0.4) is 0 Å². The summed E-state index contributed by atoms with van der Waals surface area (Å²) in [6.07, 6.45) is 0.796. The second-order valence-corrected chi connectivity index (χ2v) is 7.95. The number of benzene rings is 3. The summed E-state index contributed by atoms with van der Waals surface area (Å²) in [7, 11) is 0. The second-order valence-electron chi connectivity index (χ2n) is 7.95. The van der Waals surface area contributed by atoms with Crippen molar-refractivity contribution in [2.75, 3.05) is 0 Å². The number of carbonyl (C=O) groups excluding carboxylic acids is 1. The maximum atomic E-state index is 13.1. The third-order valence-electron chi connectivity index (χ3n) is 5.76. The Hall–Kier alpha value is -3.20. The van der Waals surface area contributed by atoms with Crippen LogP contribution in [0.1, 0.15) is 37.0 Å². The lowest BCUT2D eigenvalue weighted by Crippen LogP contribution is -2.27. The zero-order valence-corrected chi connectivity index (χ0v) is 16.9. The highest BCUT2D eigenvalue weighted by molar-refractivity contribution is 6.02. The molecule has 1 atom stereocenters. The summed E-state index contributed by atoms with van der Waals surface area (Å²) in [5, 5.41) is 4.52. The first-order chi connectivity index (χ1) is 14.1. The van der Waals surface area contributed by atoms with Crippen LogP contribution in [-0.2, 0) is 10.2 Å². The standard InChI is InChI=1S/C26H26N2O/c1-19(2)24(20-12-6-3-7-13-20)27-28-25(29)23-18-26(23,21-14-8-4-9-15-21)22-16-10-5-11-17-22/h3-17,19,23H,18H2,1-2H3,(H,28,29). The zero-order valence-electron chi connectivity index (χ0n) is 16.9. The van der Waals surface area contributed by atoms with Crippen molar-refractivity contribution in [2.24, 2.45) is 16.9 Å². The fourth-order valence-electron chi connectivity index (χ4n) is 4.18. The van der Waals surface area contributed by atoms with Gasteiger partial charge in [-0.25, -0.2) is 5.43 Å². The van der Waals surface area contributed by atoms with Gasteiger partial charge >= 0.3 is 0 Å². The molecule has 0 heterocycles. The Balaban J connectivity index is 1.61. The summed E-state index contributed by atoms with van der Waals surface area (Å²) in [4.78, 5) is 13.1. The molecule has 4 rings (SSSR count). The van der Waals surface area contributed by atoms with Crippen molar-refractivity contribution in [3.63, 3.8) is 0 Å². The highest BCUT2D eigenvalue weighted by atomic mass is 16.2. The first kappa shape index (κ1) is 19.1. The number of hydrogen-bond donors (Lipinski definition) is 1. The highest BCUT2D eigenvalue weighted by Crippen LogP contribution is 2.58. The normalized spacial score (nSPS) is 17.8. The van der Waals surface area contributed by atoms with Crippen LogP contribution >= 0.6 is 0 Å². The maximum Gasteiger partial charge on any atom is 0.244 e. The molecule has 1 amide bonds. The Bertz CT molecular complexity index is 955. The molecule has 1 aliphatic carbocycles. The molecule has 1 aliphatic rings. The van der Waals surface area contributed by atoms with Gasteiger partial charge in [-0.05, 0) is 29.0 Å². The van der Waals surface area contributed by atoms with Crippen molar-refractivity contribution in [1.82, 2.24) is 5.43 Å². The Morgan fingerprint density at radius 1 is 0.862 bits per heavy atom. The molecular weight excluding hydrogens is 356 g/mol. The average molecular weight is 383 g/mol. The van der Waals surface area contributed by atoms with E-state index in [1.807, 2.05) is 66.7 Å². The molecule has 3 heteroatoms. The number of amides is 1. The number of rotatable bonds is 6. The predicted octanol–water partition coefficient (Wildman–Crippen LogP) is 5.17. The molecule has 1 unspecified atom stereocenters. The molecule has 1 saturated carbocycles. The largest absolute Gasteiger partial charge is 0.273 e.